The molecular weight excluding hydrogens is 262 g/mol. The van der Waals surface area contributed by atoms with Crippen LogP contribution >= 0.6 is 0 Å². The van der Waals surface area contributed by atoms with E-state index in [2.05, 4.69) is 30.4 Å². The van der Waals surface area contributed by atoms with Crippen molar-refractivity contribution >= 4 is 0 Å². The fraction of sp³-hybridized carbons (Fsp3) is 0.667. The van der Waals surface area contributed by atoms with Crippen LogP contribution in [-0.2, 0) is 4.74 Å². The molecule has 21 heavy (non-hydrogen) atoms. The summed E-state index contributed by atoms with van der Waals surface area (Å²) in [6, 6.07) is 8.56. The summed E-state index contributed by atoms with van der Waals surface area (Å²) in [5, 5.41) is 3.65. The maximum atomic E-state index is 6.06. The van der Waals surface area contributed by atoms with Crippen molar-refractivity contribution in [3.63, 3.8) is 0 Å². The number of hydrogen-bond donors (Lipinski definition) is 1. The molecule has 1 N–H and O–H groups in total. The summed E-state index contributed by atoms with van der Waals surface area (Å²) < 4.78 is 11.9. The van der Waals surface area contributed by atoms with Crippen LogP contribution in [0.2, 0.25) is 0 Å². The van der Waals surface area contributed by atoms with Gasteiger partial charge in [0.25, 0.3) is 0 Å². The quantitative estimate of drug-likeness (QED) is 0.821. The smallest absolute Gasteiger partial charge is 0.124 e. The fourth-order valence-corrected chi connectivity index (χ4v) is 3.55. The molecule has 0 bridgehead atoms. The van der Waals surface area contributed by atoms with Crippen LogP contribution in [0.3, 0.4) is 0 Å². The summed E-state index contributed by atoms with van der Waals surface area (Å²) >= 11 is 0. The first-order chi connectivity index (χ1) is 10.3. The van der Waals surface area contributed by atoms with Gasteiger partial charge in [-0.3, -0.25) is 0 Å². The molecule has 0 radical (unpaired) electrons. The summed E-state index contributed by atoms with van der Waals surface area (Å²) in [5.41, 5.74) is 1.12. The van der Waals surface area contributed by atoms with E-state index in [4.69, 9.17) is 9.47 Å². The van der Waals surface area contributed by atoms with Crippen molar-refractivity contribution in [2.75, 3.05) is 20.3 Å². The fourth-order valence-electron chi connectivity index (χ4n) is 3.55. The van der Waals surface area contributed by atoms with Gasteiger partial charge in [0.05, 0.1) is 18.2 Å². The van der Waals surface area contributed by atoms with Gasteiger partial charge in [0.15, 0.2) is 0 Å². The van der Waals surface area contributed by atoms with E-state index in [0.29, 0.717) is 6.61 Å². The summed E-state index contributed by atoms with van der Waals surface area (Å²) in [5.74, 6) is 0.980. The van der Waals surface area contributed by atoms with Gasteiger partial charge < -0.3 is 14.8 Å². The largest absolute Gasteiger partial charge is 0.494 e. The topological polar surface area (TPSA) is 30.5 Å². The van der Waals surface area contributed by atoms with Crippen LogP contribution in [0.1, 0.15) is 57.6 Å². The molecule has 0 aromatic heterocycles. The third-order valence-corrected chi connectivity index (χ3v) is 4.57. The Morgan fingerprint density at radius 1 is 1.14 bits per heavy atom. The summed E-state index contributed by atoms with van der Waals surface area (Å²) in [7, 11) is 1.86. The van der Waals surface area contributed by atoms with Crippen LogP contribution in [0, 0.1) is 0 Å². The van der Waals surface area contributed by atoms with Gasteiger partial charge in [0.1, 0.15) is 5.75 Å². The van der Waals surface area contributed by atoms with Crippen LogP contribution < -0.4 is 10.1 Å². The van der Waals surface area contributed by atoms with Crippen LogP contribution in [0.4, 0.5) is 0 Å². The van der Waals surface area contributed by atoms with Crippen LogP contribution in [0.15, 0.2) is 24.3 Å². The lowest BCUT2D eigenvalue weighted by molar-refractivity contribution is -0.0689. The van der Waals surface area contributed by atoms with Gasteiger partial charge in [-0.25, -0.2) is 0 Å². The Kier molecular flexibility index (Phi) is 6.07. The number of likely N-dealkylation sites (N-methyl/N-ethyl adjacent to an activating group) is 1. The van der Waals surface area contributed by atoms with Gasteiger partial charge in [0.2, 0.25) is 0 Å². The highest BCUT2D eigenvalue weighted by molar-refractivity contribution is 5.38. The molecule has 1 aromatic carbocycles. The number of nitrogens with one attached hydrogen (secondary N) is 1. The Labute approximate surface area is 129 Å². The third-order valence-electron chi connectivity index (χ3n) is 4.57. The molecule has 1 saturated carbocycles. The Morgan fingerprint density at radius 2 is 1.86 bits per heavy atom. The summed E-state index contributed by atoms with van der Waals surface area (Å²) in [6.07, 6.45) is 6.03. The highest BCUT2D eigenvalue weighted by atomic mass is 16.5. The van der Waals surface area contributed by atoms with E-state index in [9.17, 15) is 0 Å². The second-order valence-corrected chi connectivity index (χ2v) is 5.79. The van der Waals surface area contributed by atoms with Crippen molar-refractivity contribution in [1.82, 2.24) is 5.32 Å². The van der Waals surface area contributed by atoms with Gasteiger partial charge in [-0.1, -0.05) is 44.4 Å². The van der Waals surface area contributed by atoms with E-state index in [0.717, 1.165) is 25.1 Å². The van der Waals surface area contributed by atoms with Crippen molar-refractivity contribution in [3.05, 3.63) is 29.8 Å². The minimum absolute atomic E-state index is 0.110. The summed E-state index contributed by atoms with van der Waals surface area (Å²) in [4.78, 5) is 0. The van der Waals surface area contributed by atoms with Crippen LogP contribution in [-0.4, -0.2) is 25.9 Å². The molecule has 118 valence electrons. The van der Waals surface area contributed by atoms with Crippen molar-refractivity contribution in [2.24, 2.45) is 0 Å². The van der Waals surface area contributed by atoms with Gasteiger partial charge in [0, 0.05) is 12.7 Å². The lowest BCUT2D eigenvalue weighted by atomic mass is 9.76. The van der Waals surface area contributed by atoms with Crippen molar-refractivity contribution in [1.29, 1.82) is 0 Å². The number of benzene rings is 1. The zero-order valence-corrected chi connectivity index (χ0v) is 13.7. The first kappa shape index (κ1) is 16.3. The van der Waals surface area contributed by atoms with E-state index in [-0.39, 0.29) is 11.6 Å². The first-order valence-corrected chi connectivity index (χ1v) is 8.27. The standard InChI is InChI=1S/C18H29NO2/c1-4-19-17(18(20-3)13-9-6-10-14-18)15-11-7-8-12-16(15)21-5-2/h7-8,11-12,17,19H,4-6,9-10,13-14H2,1-3H3. The molecule has 0 spiro atoms. The molecule has 1 unspecified atom stereocenters. The number of para-hydroxylation sites is 1. The zero-order chi connectivity index (χ0) is 15.1. The maximum absolute atomic E-state index is 6.06. The highest BCUT2D eigenvalue weighted by Crippen LogP contribution is 2.43. The number of methoxy groups -OCH3 is 1. The zero-order valence-electron chi connectivity index (χ0n) is 13.7. The minimum atomic E-state index is -0.110. The predicted octanol–water partition coefficient (Wildman–Crippen LogP) is 4.09. The van der Waals surface area contributed by atoms with E-state index >= 15 is 0 Å². The minimum Gasteiger partial charge on any atom is -0.494 e. The maximum Gasteiger partial charge on any atom is 0.124 e. The van der Waals surface area contributed by atoms with Gasteiger partial charge in [-0.15, -0.1) is 0 Å². The predicted molar refractivity (Wildman–Crippen MR) is 86.9 cm³/mol. The number of hydrogen-bond acceptors (Lipinski definition) is 3. The molecule has 0 aliphatic heterocycles. The molecule has 0 saturated heterocycles. The highest BCUT2D eigenvalue weighted by Gasteiger charge is 2.41. The molecule has 1 fully saturated rings. The monoisotopic (exact) mass is 291 g/mol. The molecule has 3 heteroatoms. The van der Waals surface area contributed by atoms with E-state index in [1.54, 1.807) is 0 Å². The van der Waals surface area contributed by atoms with Gasteiger partial charge in [-0.05, 0) is 32.4 Å². The molecule has 3 nitrogen and oxygen atoms in total. The second kappa shape index (κ2) is 7.81. The first-order valence-electron chi connectivity index (χ1n) is 8.27. The molecule has 0 amide bonds. The van der Waals surface area contributed by atoms with Crippen molar-refractivity contribution in [2.45, 2.75) is 57.6 Å². The Morgan fingerprint density at radius 3 is 2.48 bits per heavy atom. The number of ether oxygens (including phenoxy) is 2. The van der Waals surface area contributed by atoms with E-state index in [1.807, 2.05) is 20.1 Å². The molecule has 2 rings (SSSR count). The molecule has 1 aliphatic rings. The van der Waals surface area contributed by atoms with Gasteiger partial charge >= 0.3 is 0 Å². The SMILES string of the molecule is CCNC(c1ccccc1OCC)C1(OC)CCCCC1. The van der Waals surface area contributed by atoms with E-state index in [1.165, 1.54) is 24.8 Å². The van der Waals surface area contributed by atoms with Crippen molar-refractivity contribution < 1.29 is 9.47 Å². The van der Waals surface area contributed by atoms with E-state index < -0.39 is 0 Å². The Bertz CT molecular complexity index is 427. The molecule has 0 heterocycles. The van der Waals surface area contributed by atoms with Crippen LogP contribution in [0.25, 0.3) is 0 Å². The summed E-state index contributed by atoms with van der Waals surface area (Å²) in [6.45, 7) is 5.81. The average molecular weight is 291 g/mol. The Hall–Kier alpha value is -1.06. The second-order valence-electron chi connectivity index (χ2n) is 5.79. The Balaban J connectivity index is 2.37. The van der Waals surface area contributed by atoms with Gasteiger partial charge in [-0.2, -0.15) is 0 Å². The molecule has 1 aromatic rings. The lowest BCUT2D eigenvalue weighted by Gasteiger charge is -2.43. The molecular formula is C18H29NO2. The lowest BCUT2D eigenvalue weighted by Crippen LogP contribution is -2.47. The normalized spacial score (nSPS) is 19.2. The average Bonchev–Trinajstić information content (AvgIpc) is 2.54. The molecule has 1 aliphatic carbocycles. The third kappa shape index (κ3) is 3.58. The van der Waals surface area contributed by atoms with Crippen molar-refractivity contribution in [3.8, 4) is 5.75 Å². The molecule has 1 atom stereocenters. The van der Waals surface area contributed by atoms with Crippen LogP contribution in [0.5, 0.6) is 5.75 Å². The number of rotatable bonds is 7.